The molecule has 0 radical (unpaired) electrons. The number of ether oxygens (including phenoxy) is 1. The number of carbonyl (C=O) groups excluding carboxylic acids is 1. The van der Waals surface area contributed by atoms with Gasteiger partial charge in [0.1, 0.15) is 12.3 Å². The number of nitrogens with zero attached hydrogens (tertiary/aromatic N) is 2. The monoisotopic (exact) mass is 337 g/mol. The predicted octanol–water partition coefficient (Wildman–Crippen LogP) is 2.04. The first-order valence-corrected chi connectivity index (χ1v) is 7.39. The largest absolute Gasteiger partial charge is 0.435 e. The van der Waals surface area contributed by atoms with Gasteiger partial charge in [0.2, 0.25) is 5.91 Å². The van der Waals surface area contributed by atoms with E-state index in [0.29, 0.717) is 17.8 Å². The molecule has 0 spiro atoms. The van der Waals surface area contributed by atoms with Crippen LogP contribution in [0.15, 0.2) is 41.2 Å². The number of halogens is 2. The van der Waals surface area contributed by atoms with Crippen LogP contribution in [0.25, 0.3) is 11.3 Å². The Labute approximate surface area is 137 Å². The van der Waals surface area contributed by atoms with Crippen LogP contribution in [0.1, 0.15) is 13.3 Å². The Balaban J connectivity index is 2.18. The Morgan fingerprint density at radius 2 is 1.96 bits per heavy atom. The maximum Gasteiger partial charge on any atom is 0.387 e. The molecule has 1 aromatic carbocycles. The molecule has 0 unspecified atom stereocenters. The fourth-order valence-electron chi connectivity index (χ4n) is 1.98. The van der Waals surface area contributed by atoms with Crippen molar-refractivity contribution in [3.63, 3.8) is 0 Å². The summed E-state index contributed by atoms with van der Waals surface area (Å²) in [6.07, 6.45) is 0.793. The van der Waals surface area contributed by atoms with Crippen LogP contribution in [0.3, 0.4) is 0 Å². The van der Waals surface area contributed by atoms with Gasteiger partial charge in [-0.3, -0.25) is 9.59 Å². The number of hydrogen-bond donors (Lipinski definition) is 1. The number of alkyl halides is 2. The van der Waals surface area contributed by atoms with Crippen molar-refractivity contribution in [2.24, 2.45) is 0 Å². The minimum Gasteiger partial charge on any atom is -0.435 e. The van der Waals surface area contributed by atoms with Crippen molar-refractivity contribution in [1.29, 1.82) is 0 Å². The maximum atomic E-state index is 12.1. The lowest BCUT2D eigenvalue weighted by Crippen LogP contribution is -2.33. The Morgan fingerprint density at radius 3 is 2.58 bits per heavy atom. The van der Waals surface area contributed by atoms with Crippen LogP contribution >= 0.6 is 0 Å². The van der Waals surface area contributed by atoms with Gasteiger partial charge in [-0.2, -0.15) is 13.9 Å². The standard InChI is InChI=1S/C16H17F2N3O3/c1-2-9-19-14(22)10-21-15(23)8-7-13(20-21)11-3-5-12(6-4-11)24-16(17)18/h3-8,16H,2,9-10H2,1H3,(H,19,22). The highest BCUT2D eigenvalue weighted by Crippen LogP contribution is 2.21. The van der Waals surface area contributed by atoms with Gasteiger partial charge in [-0.15, -0.1) is 0 Å². The van der Waals surface area contributed by atoms with Gasteiger partial charge >= 0.3 is 6.61 Å². The van der Waals surface area contributed by atoms with Gasteiger partial charge in [-0.1, -0.05) is 6.92 Å². The Hall–Kier alpha value is -2.77. The minimum absolute atomic E-state index is 0.0287. The van der Waals surface area contributed by atoms with Gasteiger partial charge in [-0.05, 0) is 36.8 Å². The van der Waals surface area contributed by atoms with Crippen LogP contribution in [0, 0.1) is 0 Å². The predicted molar refractivity (Wildman–Crippen MR) is 83.9 cm³/mol. The van der Waals surface area contributed by atoms with Crippen molar-refractivity contribution in [2.45, 2.75) is 26.5 Å². The lowest BCUT2D eigenvalue weighted by Gasteiger charge is -2.08. The van der Waals surface area contributed by atoms with Crippen LogP contribution in [0.5, 0.6) is 5.75 Å². The number of amides is 1. The number of benzene rings is 1. The van der Waals surface area contributed by atoms with E-state index in [1.807, 2.05) is 6.92 Å². The zero-order chi connectivity index (χ0) is 17.5. The van der Waals surface area contributed by atoms with Crippen LogP contribution in [0.4, 0.5) is 8.78 Å². The quantitative estimate of drug-likeness (QED) is 0.839. The van der Waals surface area contributed by atoms with Gasteiger partial charge in [0.15, 0.2) is 0 Å². The number of rotatable bonds is 7. The molecule has 8 heteroatoms. The molecule has 1 amide bonds. The highest BCUT2D eigenvalue weighted by molar-refractivity contribution is 5.75. The first-order chi connectivity index (χ1) is 11.5. The first-order valence-electron chi connectivity index (χ1n) is 7.39. The van der Waals surface area contributed by atoms with Crippen LogP contribution in [0.2, 0.25) is 0 Å². The van der Waals surface area contributed by atoms with Gasteiger partial charge in [0.05, 0.1) is 5.69 Å². The normalized spacial score (nSPS) is 10.7. The maximum absolute atomic E-state index is 12.1. The molecular formula is C16H17F2N3O3. The van der Waals surface area contributed by atoms with E-state index >= 15 is 0 Å². The summed E-state index contributed by atoms with van der Waals surface area (Å²) < 4.78 is 29.6. The first kappa shape index (κ1) is 17.6. The second kappa shape index (κ2) is 8.19. The van der Waals surface area contributed by atoms with Gasteiger partial charge in [0.25, 0.3) is 5.56 Å². The summed E-state index contributed by atoms with van der Waals surface area (Å²) in [5.41, 5.74) is 0.656. The zero-order valence-electron chi connectivity index (χ0n) is 13.0. The number of hydrogen-bond acceptors (Lipinski definition) is 4. The molecule has 0 aliphatic carbocycles. The lowest BCUT2D eigenvalue weighted by molar-refractivity contribution is -0.121. The molecule has 2 rings (SSSR count). The average molecular weight is 337 g/mol. The molecule has 1 heterocycles. The van der Waals surface area contributed by atoms with E-state index in [-0.39, 0.29) is 18.2 Å². The molecule has 0 saturated heterocycles. The van der Waals surface area contributed by atoms with Crippen molar-refractivity contribution >= 4 is 5.91 Å². The van der Waals surface area contributed by atoms with E-state index < -0.39 is 12.2 Å². The summed E-state index contributed by atoms with van der Waals surface area (Å²) in [5, 5.41) is 6.80. The third kappa shape index (κ3) is 4.87. The summed E-state index contributed by atoms with van der Waals surface area (Å²) >= 11 is 0. The van der Waals surface area contributed by atoms with E-state index in [1.165, 1.54) is 24.3 Å². The lowest BCUT2D eigenvalue weighted by atomic mass is 10.1. The second-order valence-corrected chi connectivity index (χ2v) is 4.97. The van der Waals surface area contributed by atoms with E-state index in [2.05, 4.69) is 15.2 Å². The van der Waals surface area contributed by atoms with Gasteiger partial charge < -0.3 is 10.1 Å². The van der Waals surface area contributed by atoms with Crippen molar-refractivity contribution in [1.82, 2.24) is 15.1 Å². The highest BCUT2D eigenvalue weighted by Gasteiger charge is 2.09. The molecule has 2 aromatic rings. The van der Waals surface area contributed by atoms with E-state index in [1.54, 1.807) is 12.1 Å². The molecule has 0 saturated carbocycles. The van der Waals surface area contributed by atoms with Crippen LogP contribution in [-0.2, 0) is 11.3 Å². The van der Waals surface area contributed by atoms with E-state index in [4.69, 9.17) is 0 Å². The van der Waals surface area contributed by atoms with Crippen molar-refractivity contribution in [2.75, 3.05) is 6.54 Å². The molecule has 1 aromatic heterocycles. The van der Waals surface area contributed by atoms with E-state index in [9.17, 15) is 18.4 Å². The number of aromatic nitrogens is 2. The summed E-state index contributed by atoms with van der Waals surface area (Å²) in [4.78, 5) is 23.5. The molecule has 1 N–H and O–H groups in total. The highest BCUT2D eigenvalue weighted by atomic mass is 19.3. The summed E-state index contributed by atoms with van der Waals surface area (Å²) in [7, 11) is 0. The molecule has 0 atom stereocenters. The molecule has 0 aliphatic rings. The minimum atomic E-state index is -2.89. The molecule has 128 valence electrons. The fourth-order valence-corrected chi connectivity index (χ4v) is 1.98. The summed E-state index contributed by atoms with van der Waals surface area (Å²) in [6.45, 7) is -0.622. The Bertz CT molecular complexity index is 745. The number of carbonyl (C=O) groups is 1. The molecule has 0 aliphatic heterocycles. The van der Waals surface area contributed by atoms with Gasteiger partial charge in [-0.25, -0.2) is 4.68 Å². The third-order valence-corrected chi connectivity index (χ3v) is 3.11. The van der Waals surface area contributed by atoms with Crippen molar-refractivity contribution in [3.05, 3.63) is 46.8 Å². The Kier molecular flexibility index (Phi) is 6.00. The average Bonchev–Trinajstić information content (AvgIpc) is 2.55. The van der Waals surface area contributed by atoms with Gasteiger partial charge in [0, 0.05) is 18.2 Å². The molecule has 0 fully saturated rings. The smallest absolute Gasteiger partial charge is 0.387 e. The summed E-state index contributed by atoms with van der Waals surface area (Å²) in [5.74, 6) is -0.273. The molecular weight excluding hydrogens is 320 g/mol. The topological polar surface area (TPSA) is 73.2 Å². The Morgan fingerprint density at radius 1 is 1.25 bits per heavy atom. The zero-order valence-corrected chi connectivity index (χ0v) is 13.0. The SMILES string of the molecule is CCCNC(=O)Cn1nc(-c2ccc(OC(F)F)cc2)ccc1=O. The number of nitrogens with one attached hydrogen (secondary N) is 1. The third-order valence-electron chi connectivity index (χ3n) is 3.11. The van der Waals surface area contributed by atoms with Crippen LogP contribution in [-0.4, -0.2) is 28.8 Å². The van der Waals surface area contributed by atoms with Crippen molar-refractivity contribution < 1.29 is 18.3 Å². The fraction of sp³-hybridized carbons (Fsp3) is 0.312. The molecule has 6 nitrogen and oxygen atoms in total. The molecule has 0 bridgehead atoms. The molecule has 24 heavy (non-hydrogen) atoms. The van der Waals surface area contributed by atoms with Crippen LogP contribution < -0.4 is 15.6 Å². The summed E-state index contributed by atoms with van der Waals surface area (Å²) in [6, 6.07) is 8.67. The van der Waals surface area contributed by atoms with Crippen molar-refractivity contribution in [3.8, 4) is 17.0 Å². The van der Waals surface area contributed by atoms with E-state index in [0.717, 1.165) is 11.1 Å². The second-order valence-electron chi connectivity index (χ2n) is 4.97.